The molecule has 1 aliphatic carbocycles. The fraction of sp³-hybridized carbons (Fsp3) is 0.529. The first-order valence-electron chi connectivity index (χ1n) is 15.4. The summed E-state index contributed by atoms with van der Waals surface area (Å²) in [4.78, 5) is 21.2. The van der Waals surface area contributed by atoms with Crippen LogP contribution in [0.2, 0.25) is 0 Å². The number of carbonyl (C=O) groups is 1. The summed E-state index contributed by atoms with van der Waals surface area (Å²) in [6.07, 6.45) is 10.5. The minimum Gasteiger partial charge on any atom is -0.497 e. The Morgan fingerprint density at radius 3 is 2.55 bits per heavy atom. The van der Waals surface area contributed by atoms with Crippen LogP contribution in [0.3, 0.4) is 0 Å². The van der Waals surface area contributed by atoms with Crippen molar-refractivity contribution in [3.05, 3.63) is 65.1 Å². The van der Waals surface area contributed by atoms with E-state index in [0.29, 0.717) is 24.2 Å². The third-order valence-corrected chi connectivity index (χ3v) is 10.0. The number of hydrogen-bond acceptors (Lipinski definition) is 6. The minimum absolute atomic E-state index is 0.101. The van der Waals surface area contributed by atoms with Crippen molar-refractivity contribution >= 4 is 23.3 Å². The van der Waals surface area contributed by atoms with Gasteiger partial charge in [0.05, 0.1) is 37.2 Å². The van der Waals surface area contributed by atoms with Crippen molar-refractivity contribution in [1.82, 2.24) is 24.5 Å². The SMILES string of the molecule is C=C1c2ccc(OC)cc2C=C(c2c(C(=O)N3C[C@@H]4CC3CN4CC)cnn2C2CCC2)CN1/C(=C/C)C(C)(C)OC. The summed E-state index contributed by atoms with van der Waals surface area (Å²) in [7, 11) is 3.43. The molecule has 8 nitrogen and oxygen atoms in total. The van der Waals surface area contributed by atoms with Gasteiger partial charge >= 0.3 is 0 Å². The molecule has 1 aromatic carbocycles. The zero-order valence-corrected chi connectivity index (χ0v) is 26.0. The van der Waals surface area contributed by atoms with E-state index in [0.717, 1.165) is 78.4 Å². The van der Waals surface area contributed by atoms with Gasteiger partial charge in [-0.2, -0.15) is 5.10 Å². The minimum atomic E-state index is -0.549. The highest BCUT2D eigenvalue weighted by Crippen LogP contribution is 2.42. The van der Waals surface area contributed by atoms with Gasteiger partial charge in [-0.15, -0.1) is 0 Å². The molecule has 2 saturated heterocycles. The smallest absolute Gasteiger partial charge is 0.258 e. The highest BCUT2D eigenvalue weighted by Gasteiger charge is 2.46. The van der Waals surface area contributed by atoms with Crippen LogP contribution in [-0.2, 0) is 4.74 Å². The number of fused-ring (bicyclic) bond motifs is 3. The number of ether oxygens (including phenoxy) is 2. The van der Waals surface area contributed by atoms with Crippen LogP contribution in [0, 0.1) is 0 Å². The normalized spacial score (nSPS) is 23.1. The van der Waals surface area contributed by atoms with Crippen LogP contribution in [0.4, 0.5) is 0 Å². The van der Waals surface area contributed by atoms with E-state index < -0.39 is 5.60 Å². The molecule has 3 fully saturated rings. The lowest BCUT2D eigenvalue weighted by molar-refractivity contribution is 0.0381. The maximum absolute atomic E-state index is 14.4. The molecule has 3 aliphatic heterocycles. The molecule has 2 bridgehead atoms. The molecule has 1 saturated carbocycles. The molecule has 4 heterocycles. The van der Waals surface area contributed by atoms with Gasteiger partial charge in [0.1, 0.15) is 11.4 Å². The van der Waals surface area contributed by atoms with Crippen molar-refractivity contribution in [3.8, 4) is 5.75 Å². The Labute approximate surface area is 250 Å². The summed E-state index contributed by atoms with van der Waals surface area (Å²) in [6.45, 7) is 16.3. The number of likely N-dealkylation sites (tertiary alicyclic amines) is 2. The second-order valence-corrected chi connectivity index (χ2v) is 12.6. The fourth-order valence-electron chi connectivity index (χ4n) is 7.29. The molecule has 2 atom stereocenters. The van der Waals surface area contributed by atoms with Crippen molar-refractivity contribution in [2.45, 2.75) is 77.1 Å². The van der Waals surface area contributed by atoms with Crippen molar-refractivity contribution in [2.24, 2.45) is 0 Å². The Morgan fingerprint density at radius 2 is 1.95 bits per heavy atom. The zero-order chi connectivity index (χ0) is 29.8. The number of hydrogen-bond donors (Lipinski definition) is 0. The highest BCUT2D eigenvalue weighted by atomic mass is 16.5. The predicted molar refractivity (Wildman–Crippen MR) is 167 cm³/mol. The van der Waals surface area contributed by atoms with Crippen LogP contribution in [-0.4, -0.2) is 88.5 Å². The maximum atomic E-state index is 14.4. The monoisotopic (exact) mass is 571 g/mol. The lowest BCUT2D eigenvalue weighted by atomic mass is 9.92. The predicted octanol–water partition coefficient (Wildman–Crippen LogP) is 5.69. The number of amides is 1. The topological polar surface area (TPSA) is 63.1 Å². The maximum Gasteiger partial charge on any atom is 0.258 e. The number of allylic oxidation sites excluding steroid dienone is 1. The van der Waals surface area contributed by atoms with Gasteiger partial charge in [-0.1, -0.05) is 19.6 Å². The van der Waals surface area contributed by atoms with Crippen LogP contribution in [0.5, 0.6) is 5.75 Å². The molecular weight excluding hydrogens is 526 g/mol. The van der Waals surface area contributed by atoms with Gasteiger partial charge in [0.15, 0.2) is 0 Å². The average molecular weight is 572 g/mol. The molecule has 224 valence electrons. The molecule has 8 heteroatoms. The number of methoxy groups -OCH3 is 2. The molecule has 4 aliphatic rings. The Bertz CT molecular complexity index is 1450. The van der Waals surface area contributed by atoms with E-state index in [2.05, 4.69) is 71.0 Å². The van der Waals surface area contributed by atoms with E-state index in [-0.39, 0.29) is 11.9 Å². The summed E-state index contributed by atoms with van der Waals surface area (Å²) >= 11 is 0. The number of nitrogens with zero attached hydrogens (tertiary/aromatic N) is 5. The Kier molecular flexibility index (Phi) is 7.56. The third kappa shape index (κ3) is 4.69. The lowest BCUT2D eigenvalue weighted by Crippen LogP contribution is -2.48. The second-order valence-electron chi connectivity index (χ2n) is 12.6. The molecule has 1 aromatic heterocycles. The van der Waals surface area contributed by atoms with Crippen LogP contribution in [0.15, 0.2) is 42.7 Å². The molecule has 0 radical (unpaired) electrons. The standard InChI is InChI=1S/C34H45N5O3/c1-8-31(34(4,5)42-7)37-19-24(15-23-16-28(41-6)13-14-29(23)22(37)3)32-30(18-35-39(32)25-11-10-12-25)33(40)38-21-26-17-27(38)20-36(26)9-2/h8,13-16,18,25-27H,3,9-12,17,19-21H2,1-2,4-7H3/b31-8+/t26-,27?/m0/s1. The van der Waals surface area contributed by atoms with E-state index in [9.17, 15) is 4.79 Å². The number of piperazine rings is 1. The molecule has 6 rings (SSSR count). The van der Waals surface area contributed by atoms with Crippen molar-refractivity contribution in [2.75, 3.05) is 40.4 Å². The van der Waals surface area contributed by atoms with Crippen molar-refractivity contribution in [1.29, 1.82) is 0 Å². The van der Waals surface area contributed by atoms with Crippen LogP contribution in [0.1, 0.15) is 86.6 Å². The summed E-state index contributed by atoms with van der Waals surface area (Å²) in [5.74, 6) is 0.884. The first-order chi connectivity index (χ1) is 20.2. The molecule has 1 unspecified atom stereocenters. The van der Waals surface area contributed by atoms with Gasteiger partial charge in [-0.25, -0.2) is 0 Å². The molecule has 0 N–H and O–H groups in total. The van der Waals surface area contributed by atoms with Crippen LogP contribution in [0.25, 0.3) is 17.3 Å². The van der Waals surface area contributed by atoms with E-state index >= 15 is 0 Å². The van der Waals surface area contributed by atoms with Crippen molar-refractivity contribution < 1.29 is 14.3 Å². The van der Waals surface area contributed by atoms with Gasteiger partial charge in [0.2, 0.25) is 0 Å². The summed E-state index contributed by atoms with van der Waals surface area (Å²) in [5.41, 5.74) is 6.07. The fourth-order valence-corrected chi connectivity index (χ4v) is 7.29. The number of likely N-dealkylation sites (N-methyl/N-ethyl adjacent to an activating group) is 1. The third-order valence-electron chi connectivity index (χ3n) is 10.0. The first kappa shape index (κ1) is 28.7. The zero-order valence-electron chi connectivity index (χ0n) is 26.0. The van der Waals surface area contributed by atoms with E-state index in [4.69, 9.17) is 14.6 Å². The first-order valence-corrected chi connectivity index (χ1v) is 15.4. The summed E-state index contributed by atoms with van der Waals surface area (Å²) in [6, 6.07) is 7.14. The summed E-state index contributed by atoms with van der Waals surface area (Å²) < 4.78 is 13.7. The van der Waals surface area contributed by atoms with Crippen LogP contribution < -0.4 is 4.74 Å². The Morgan fingerprint density at radius 1 is 1.17 bits per heavy atom. The molecule has 1 amide bonds. The van der Waals surface area contributed by atoms with Gasteiger partial charge in [0, 0.05) is 49.2 Å². The average Bonchev–Trinajstić information content (AvgIpc) is 3.67. The number of carbonyl (C=O) groups excluding carboxylic acids is 1. The largest absolute Gasteiger partial charge is 0.497 e. The lowest BCUT2D eigenvalue weighted by Gasteiger charge is -2.38. The van der Waals surface area contributed by atoms with Gasteiger partial charge in [0.25, 0.3) is 5.91 Å². The number of benzene rings is 1. The van der Waals surface area contributed by atoms with Gasteiger partial charge < -0.3 is 19.3 Å². The van der Waals surface area contributed by atoms with E-state index in [1.807, 2.05) is 19.2 Å². The van der Waals surface area contributed by atoms with E-state index in [1.165, 1.54) is 6.42 Å². The molecule has 2 aromatic rings. The number of rotatable bonds is 8. The highest BCUT2D eigenvalue weighted by molar-refractivity contribution is 6.02. The Balaban J connectivity index is 1.49. The van der Waals surface area contributed by atoms with Gasteiger partial charge in [-0.05, 0) is 88.4 Å². The molecule has 0 spiro atoms. The van der Waals surface area contributed by atoms with Gasteiger partial charge in [-0.3, -0.25) is 14.4 Å². The summed E-state index contributed by atoms with van der Waals surface area (Å²) in [5, 5.41) is 4.91. The quantitative estimate of drug-likeness (QED) is 0.406. The Hall–Kier alpha value is -3.36. The molecular formula is C34H45N5O3. The van der Waals surface area contributed by atoms with Crippen molar-refractivity contribution in [3.63, 3.8) is 0 Å². The number of aromatic nitrogens is 2. The second kappa shape index (κ2) is 11.0. The molecule has 42 heavy (non-hydrogen) atoms. The van der Waals surface area contributed by atoms with E-state index in [1.54, 1.807) is 14.2 Å². The van der Waals surface area contributed by atoms with Crippen LogP contribution >= 0.6 is 0 Å².